The Hall–Kier alpha value is -3.31. The molecule has 1 saturated carbocycles. The van der Waals surface area contributed by atoms with Gasteiger partial charge in [-0.15, -0.1) is 11.3 Å². The van der Waals surface area contributed by atoms with Crippen molar-refractivity contribution in [1.29, 1.82) is 0 Å². The van der Waals surface area contributed by atoms with Gasteiger partial charge in [0.25, 0.3) is 5.91 Å². The number of anilines is 3. The van der Waals surface area contributed by atoms with Crippen LogP contribution in [0.3, 0.4) is 0 Å². The second-order valence-corrected chi connectivity index (χ2v) is 11.7. The number of methoxy groups -OCH3 is 1. The quantitative estimate of drug-likeness (QED) is 0.310. The summed E-state index contributed by atoms with van der Waals surface area (Å²) in [5.74, 6) is 0.535. The number of hydrogen-bond donors (Lipinski definition) is 4. The molecule has 1 aliphatic carbocycles. The zero-order valence-electron chi connectivity index (χ0n) is 21.9. The third-order valence-electron chi connectivity index (χ3n) is 5.66. The Morgan fingerprint density at radius 3 is 2.46 bits per heavy atom. The third kappa shape index (κ3) is 6.53. The Bertz CT molecular complexity index is 1330. The van der Waals surface area contributed by atoms with Crippen LogP contribution in [-0.2, 0) is 10.4 Å². The third-order valence-corrected chi connectivity index (χ3v) is 7.01. The van der Waals surface area contributed by atoms with Crippen molar-refractivity contribution in [1.82, 2.24) is 15.3 Å². The van der Waals surface area contributed by atoms with Crippen molar-refractivity contribution in [3.63, 3.8) is 0 Å². The molecule has 190 valence electrons. The topological polar surface area (TPSA) is 125 Å². The zero-order chi connectivity index (χ0) is 27.0. The van der Waals surface area contributed by atoms with Gasteiger partial charge in [-0.25, -0.2) is 9.97 Å². The summed E-state index contributed by atoms with van der Waals surface area (Å²) in [5.41, 5.74) is 1.13. The normalized spacial score (nSPS) is 13.6. The van der Waals surface area contributed by atoms with Gasteiger partial charge in [0.2, 0.25) is 5.91 Å². The molecule has 0 radical (unpaired) electrons. The van der Waals surface area contributed by atoms with Crippen LogP contribution >= 0.6 is 11.3 Å². The van der Waals surface area contributed by atoms with Crippen molar-refractivity contribution in [2.45, 2.75) is 37.5 Å². The number of benzene rings is 1. The van der Waals surface area contributed by atoms with Gasteiger partial charge in [-0.1, -0.05) is 6.07 Å². The first-order valence-electron chi connectivity index (χ1n) is 12.1. The maximum atomic E-state index is 13.1. The summed E-state index contributed by atoms with van der Waals surface area (Å²) in [6.45, 7) is 3.43. The molecule has 0 saturated heterocycles. The number of aromatic nitrogens is 2. The van der Waals surface area contributed by atoms with Crippen LogP contribution in [0.2, 0.25) is 0 Å². The van der Waals surface area contributed by atoms with Crippen molar-refractivity contribution in [3.8, 4) is 16.3 Å². The van der Waals surface area contributed by atoms with E-state index >= 15 is 0 Å². The highest BCUT2D eigenvalue weighted by Crippen LogP contribution is 2.41. The fourth-order valence-electron chi connectivity index (χ4n) is 3.64. The Kier molecular flexibility index (Phi) is 7.39. The SMILES string of the molecule is BC(B)(B)NC(=O)c1cnc(NC(=O)C2CC2)cc1Nc1cccc(-c2ncc(C(C)(C)O)s2)c1OC. The maximum absolute atomic E-state index is 13.1. The molecule has 0 aliphatic heterocycles. The van der Waals surface area contributed by atoms with Crippen LogP contribution in [0.1, 0.15) is 41.9 Å². The van der Waals surface area contributed by atoms with Gasteiger partial charge < -0.3 is 25.8 Å². The molecule has 1 fully saturated rings. The molecule has 1 aliphatic rings. The molecule has 37 heavy (non-hydrogen) atoms. The van der Waals surface area contributed by atoms with Crippen molar-refractivity contribution in [2.24, 2.45) is 5.92 Å². The number of carbonyl (C=O) groups is 2. The number of nitrogens with one attached hydrogen (secondary N) is 3. The second kappa shape index (κ2) is 10.2. The van der Waals surface area contributed by atoms with Crippen LogP contribution in [0.5, 0.6) is 5.75 Å². The zero-order valence-corrected chi connectivity index (χ0v) is 22.7. The smallest absolute Gasteiger partial charge is 0.253 e. The van der Waals surface area contributed by atoms with Crippen molar-refractivity contribution < 1.29 is 19.4 Å². The average molecular weight is 517 g/mol. The number of aliphatic hydroxyl groups is 1. The van der Waals surface area contributed by atoms with E-state index in [9.17, 15) is 14.7 Å². The largest absolute Gasteiger partial charge is 0.494 e. The fraction of sp³-hybridized carbons (Fsp3) is 0.333. The lowest BCUT2D eigenvalue weighted by molar-refractivity contribution is -0.117. The lowest BCUT2D eigenvalue weighted by atomic mass is 9.49. The van der Waals surface area contributed by atoms with Crippen LogP contribution in [-0.4, -0.2) is 62.8 Å². The van der Waals surface area contributed by atoms with Gasteiger partial charge in [0, 0.05) is 24.4 Å². The van der Waals surface area contributed by atoms with Gasteiger partial charge >= 0.3 is 0 Å². The van der Waals surface area contributed by atoms with Gasteiger partial charge in [-0.05, 0) is 44.1 Å². The summed E-state index contributed by atoms with van der Waals surface area (Å²) in [6, 6.07) is 7.23. The summed E-state index contributed by atoms with van der Waals surface area (Å²) in [7, 11) is 7.27. The fourth-order valence-corrected chi connectivity index (χ4v) is 4.58. The first kappa shape index (κ1) is 26.7. The van der Waals surface area contributed by atoms with E-state index in [-0.39, 0.29) is 17.7 Å². The van der Waals surface area contributed by atoms with E-state index in [0.717, 1.165) is 23.3 Å². The van der Waals surface area contributed by atoms with Crippen LogP contribution in [0.25, 0.3) is 10.6 Å². The number of thiazole rings is 1. The molecule has 0 spiro atoms. The minimum atomic E-state index is -1.01. The predicted octanol–water partition coefficient (Wildman–Crippen LogP) is 0.774. The monoisotopic (exact) mass is 517 g/mol. The molecular weight excluding hydrogens is 487 g/mol. The number of rotatable bonds is 9. The average Bonchev–Trinajstić information content (AvgIpc) is 3.53. The lowest BCUT2D eigenvalue weighted by Gasteiger charge is -2.22. The molecule has 0 unspecified atom stereocenters. The lowest BCUT2D eigenvalue weighted by Crippen LogP contribution is -2.50. The number of ether oxygens (including phenoxy) is 1. The summed E-state index contributed by atoms with van der Waals surface area (Å²) in [5, 5.41) is 19.7. The van der Waals surface area contributed by atoms with Crippen molar-refractivity contribution in [3.05, 3.63) is 47.1 Å². The minimum absolute atomic E-state index is 0.0194. The number of hydrogen-bond acceptors (Lipinski definition) is 8. The molecule has 4 N–H and O–H groups in total. The van der Waals surface area contributed by atoms with Crippen molar-refractivity contribution >= 4 is 63.9 Å². The standard InChI is InChI=1S/C24H30B3N5O4S/c1-23(2,35)17-11-29-22(37-17)13-5-4-6-15(19(13)36-3)30-16-9-18(31-20(33)12-7-8-12)28-10-14(16)21(34)32-24(25,26)27/h4-6,9-12,35H,7-8,25-27H2,1-3H3,(H,32,34)(H2,28,30,31,33). The number of amides is 2. The van der Waals surface area contributed by atoms with E-state index in [0.29, 0.717) is 33.5 Å². The van der Waals surface area contributed by atoms with E-state index in [1.165, 1.54) is 17.5 Å². The predicted molar refractivity (Wildman–Crippen MR) is 154 cm³/mol. The molecule has 3 aromatic rings. The van der Waals surface area contributed by atoms with Gasteiger partial charge in [-0.3, -0.25) is 9.59 Å². The van der Waals surface area contributed by atoms with Crippen LogP contribution < -0.4 is 20.7 Å². The Labute approximate surface area is 223 Å². The van der Waals surface area contributed by atoms with Gasteiger partial charge in [0.1, 0.15) is 34.4 Å². The Morgan fingerprint density at radius 2 is 1.86 bits per heavy atom. The molecule has 2 aromatic heterocycles. The van der Waals surface area contributed by atoms with E-state index in [1.807, 2.05) is 41.7 Å². The van der Waals surface area contributed by atoms with E-state index in [4.69, 9.17) is 4.74 Å². The molecule has 0 bridgehead atoms. The highest BCUT2D eigenvalue weighted by molar-refractivity contribution is 7.15. The van der Waals surface area contributed by atoms with E-state index in [1.54, 1.807) is 33.2 Å². The van der Waals surface area contributed by atoms with Gasteiger partial charge in [0.15, 0.2) is 5.75 Å². The first-order chi connectivity index (χ1) is 17.4. The summed E-state index contributed by atoms with van der Waals surface area (Å²) in [4.78, 5) is 35.0. The van der Waals surface area contributed by atoms with Crippen molar-refractivity contribution in [2.75, 3.05) is 17.7 Å². The Balaban J connectivity index is 1.72. The Morgan fingerprint density at radius 1 is 1.14 bits per heavy atom. The summed E-state index contributed by atoms with van der Waals surface area (Å²) < 4.78 is 5.77. The number of para-hydroxylation sites is 1. The number of nitrogens with zero attached hydrogens (tertiary/aromatic N) is 2. The minimum Gasteiger partial charge on any atom is -0.494 e. The molecular formula is C24H30B3N5O4S. The van der Waals surface area contributed by atoms with Crippen LogP contribution in [0.4, 0.5) is 17.2 Å². The molecule has 2 amide bonds. The first-order valence-corrected chi connectivity index (χ1v) is 12.9. The molecule has 0 atom stereocenters. The number of carbonyl (C=O) groups excluding carboxylic acids is 2. The number of pyridine rings is 1. The summed E-state index contributed by atoms with van der Waals surface area (Å²) in [6.07, 6.45) is 4.86. The van der Waals surface area contributed by atoms with Gasteiger partial charge in [-0.2, -0.15) is 0 Å². The second-order valence-electron chi connectivity index (χ2n) is 10.7. The highest BCUT2D eigenvalue weighted by atomic mass is 32.1. The molecule has 1 aromatic carbocycles. The summed E-state index contributed by atoms with van der Waals surface area (Å²) >= 11 is 1.38. The highest BCUT2D eigenvalue weighted by Gasteiger charge is 2.30. The van der Waals surface area contributed by atoms with Gasteiger partial charge in [0.05, 0.1) is 40.1 Å². The van der Waals surface area contributed by atoms with E-state index < -0.39 is 10.8 Å². The molecule has 9 nitrogen and oxygen atoms in total. The van der Waals surface area contributed by atoms with E-state index in [2.05, 4.69) is 25.9 Å². The van der Waals surface area contributed by atoms with Crippen LogP contribution in [0, 0.1) is 5.92 Å². The molecule has 4 rings (SSSR count). The van der Waals surface area contributed by atoms with Crippen LogP contribution in [0.15, 0.2) is 36.7 Å². The molecule has 13 heteroatoms. The molecule has 2 heterocycles. The maximum Gasteiger partial charge on any atom is 0.253 e.